The Balaban J connectivity index is 2.12. The molecule has 1 fully saturated rings. The van der Waals surface area contributed by atoms with Gasteiger partial charge in [0.1, 0.15) is 10.7 Å². The van der Waals surface area contributed by atoms with Crippen LogP contribution in [0, 0.1) is 0 Å². The fourth-order valence-corrected chi connectivity index (χ4v) is 2.53. The smallest absolute Gasteiger partial charge is 0.133 e. The van der Waals surface area contributed by atoms with Gasteiger partial charge in [0.2, 0.25) is 0 Å². The molecule has 1 saturated carbocycles. The van der Waals surface area contributed by atoms with Crippen LogP contribution in [0.3, 0.4) is 0 Å². The summed E-state index contributed by atoms with van der Waals surface area (Å²) in [6.45, 7) is 0. The molecule has 4 heteroatoms. The molecule has 0 atom stereocenters. The lowest BCUT2D eigenvalue weighted by Crippen LogP contribution is -2.12. The van der Waals surface area contributed by atoms with Crippen LogP contribution in [0.4, 0.5) is 0 Å². The number of ether oxygens (including phenoxy) is 1. The van der Waals surface area contributed by atoms with Crippen molar-refractivity contribution in [1.82, 2.24) is 0 Å². The standard InChI is InChI=1S/C12H14BrNOS/c13-10-7-8(12(14)16)5-6-11(10)15-9-3-1-2-4-9/h5-7,9H,1-4H2,(H2,14,16). The second-order valence-electron chi connectivity index (χ2n) is 4.03. The maximum Gasteiger partial charge on any atom is 0.133 e. The van der Waals surface area contributed by atoms with Crippen LogP contribution in [0.25, 0.3) is 0 Å². The molecule has 0 aromatic heterocycles. The Hall–Kier alpha value is -0.610. The van der Waals surface area contributed by atoms with Gasteiger partial charge in [0.15, 0.2) is 0 Å². The minimum Gasteiger partial charge on any atom is -0.489 e. The van der Waals surface area contributed by atoms with Crippen LogP contribution in [0.5, 0.6) is 5.75 Å². The Bertz CT molecular complexity index is 402. The minimum atomic E-state index is 0.368. The van der Waals surface area contributed by atoms with Crippen LogP contribution in [0.15, 0.2) is 22.7 Å². The maximum atomic E-state index is 5.91. The van der Waals surface area contributed by atoms with Crippen molar-refractivity contribution in [3.8, 4) is 5.75 Å². The first-order chi connectivity index (χ1) is 7.66. The molecule has 0 aliphatic heterocycles. The van der Waals surface area contributed by atoms with Crippen LogP contribution in [-0.4, -0.2) is 11.1 Å². The van der Waals surface area contributed by atoms with Gasteiger partial charge in [-0.15, -0.1) is 0 Å². The number of thiocarbonyl (C=S) groups is 1. The highest BCUT2D eigenvalue weighted by molar-refractivity contribution is 9.10. The molecule has 0 amide bonds. The van der Waals surface area contributed by atoms with Crippen molar-refractivity contribution in [3.05, 3.63) is 28.2 Å². The van der Waals surface area contributed by atoms with Gasteiger partial charge in [-0.2, -0.15) is 0 Å². The van der Waals surface area contributed by atoms with Crippen molar-refractivity contribution < 1.29 is 4.74 Å². The summed E-state index contributed by atoms with van der Waals surface area (Å²) in [5.41, 5.74) is 6.43. The monoisotopic (exact) mass is 299 g/mol. The van der Waals surface area contributed by atoms with Gasteiger partial charge in [-0.3, -0.25) is 0 Å². The molecule has 0 heterocycles. The molecular weight excluding hydrogens is 286 g/mol. The zero-order chi connectivity index (χ0) is 11.5. The topological polar surface area (TPSA) is 35.2 Å². The third-order valence-electron chi connectivity index (χ3n) is 2.81. The van der Waals surface area contributed by atoms with Crippen molar-refractivity contribution in [2.75, 3.05) is 0 Å². The number of hydrogen-bond donors (Lipinski definition) is 1. The molecule has 1 aliphatic rings. The lowest BCUT2D eigenvalue weighted by molar-refractivity contribution is 0.208. The summed E-state index contributed by atoms with van der Waals surface area (Å²) >= 11 is 8.41. The van der Waals surface area contributed by atoms with E-state index in [0.717, 1.165) is 28.6 Å². The van der Waals surface area contributed by atoms with E-state index < -0.39 is 0 Å². The Morgan fingerprint density at radius 2 is 2.06 bits per heavy atom. The van der Waals surface area contributed by atoms with Gasteiger partial charge in [-0.05, 0) is 59.8 Å². The molecule has 86 valence electrons. The molecule has 2 rings (SSSR count). The van der Waals surface area contributed by atoms with Gasteiger partial charge in [0.05, 0.1) is 10.6 Å². The van der Waals surface area contributed by atoms with Crippen LogP contribution in [-0.2, 0) is 0 Å². The summed E-state index contributed by atoms with van der Waals surface area (Å²) < 4.78 is 6.83. The quantitative estimate of drug-likeness (QED) is 0.869. The molecule has 1 aliphatic carbocycles. The lowest BCUT2D eigenvalue weighted by Gasteiger charge is -2.14. The van der Waals surface area contributed by atoms with Crippen LogP contribution in [0.1, 0.15) is 31.2 Å². The maximum absolute atomic E-state index is 5.91. The van der Waals surface area contributed by atoms with Gasteiger partial charge >= 0.3 is 0 Å². The van der Waals surface area contributed by atoms with Crippen molar-refractivity contribution in [3.63, 3.8) is 0 Å². The molecule has 2 nitrogen and oxygen atoms in total. The predicted molar refractivity (Wildman–Crippen MR) is 72.9 cm³/mol. The normalized spacial score (nSPS) is 16.3. The number of hydrogen-bond acceptors (Lipinski definition) is 2. The van der Waals surface area contributed by atoms with Gasteiger partial charge in [0.25, 0.3) is 0 Å². The first-order valence-corrected chi connectivity index (χ1v) is 6.63. The average Bonchev–Trinajstić information content (AvgIpc) is 2.73. The van der Waals surface area contributed by atoms with Crippen molar-refractivity contribution in [1.29, 1.82) is 0 Å². The minimum absolute atomic E-state index is 0.368. The summed E-state index contributed by atoms with van der Waals surface area (Å²) in [5, 5.41) is 0. The van der Waals surface area contributed by atoms with E-state index in [-0.39, 0.29) is 0 Å². The summed E-state index contributed by atoms with van der Waals surface area (Å²) in [7, 11) is 0. The first-order valence-electron chi connectivity index (χ1n) is 5.43. The van der Waals surface area contributed by atoms with E-state index >= 15 is 0 Å². The molecule has 2 N–H and O–H groups in total. The van der Waals surface area contributed by atoms with Crippen LogP contribution < -0.4 is 10.5 Å². The second-order valence-corrected chi connectivity index (χ2v) is 5.33. The molecule has 0 bridgehead atoms. The third kappa shape index (κ3) is 2.74. The first kappa shape index (κ1) is 11.9. The molecule has 0 spiro atoms. The Morgan fingerprint density at radius 1 is 1.38 bits per heavy atom. The van der Waals surface area contributed by atoms with Crippen LogP contribution in [0.2, 0.25) is 0 Å². The highest BCUT2D eigenvalue weighted by Crippen LogP contribution is 2.30. The molecule has 1 aromatic carbocycles. The number of rotatable bonds is 3. The Kier molecular flexibility index (Phi) is 3.82. The largest absolute Gasteiger partial charge is 0.489 e. The number of halogens is 1. The Morgan fingerprint density at radius 3 is 2.62 bits per heavy atom. The van der Waals surface area contributed by atoms with Crippen molar-refractivity contribution >= 4 is 33.1 Å². The molecule has 0 radical (unpaired) electrons. The van der Waals surface area contributed by atoms with E-state index in [9.17, 15) is 0 Å². The molecular formula is C12H14BrNOS. The molecule has 16 heavy (non-hydrogen) atoms. The summed E-state index contributed by atoms with van der Waals surface area (Å²) in [5.74, 6) is 0.881. The van der Waals surface area contributed by atoms with E-state index in [0.29, 0.717) is 11.1 Å². The van der Waals surface area contributed by atoms with Crippen LogP contribution >= 0.6 is 28.1 Å². The van der Waals surface area contributed by atoms with E-state index in [2.05, 4.69) is 15.9 Å². The number of nitrogens with two attached hydrogens (primary N) is 1. The van der Waals surface area contributed by atoms with Gasteiger partial charge in [0, 0.05) is 5.56 Å². The molecule has 0 saturated heterocycles. The Labute approximate surface area is 109 Å². The zero-order valence-corrected chi connectivity index (χ0v) is 11.3. The average molecular weight is 300 g/mol. The highest BCUT2D eigenvalue weighted by Gasteiger charge is 2.17. The fourth-order valence-electron chi connectivity index (χ4n) is 1.94. The van der Waals surface area contributed by atoms with Gasteiger partial charge in [-0.25, -0.2) is 0 Å². The summed E-state index contributed by atoms with van der Waals surface area (Å²) in [4.78, 5) is 0.410. The van der Waals surface area contributed by atoms with Gasteiger partial charge < -0.3 is 10.5 Å². The second kappa shape index (κ2) is 5.15. The predicted octanol–water partition coefficient (Wildman–Crippen LogP) is 3.40. The van der Waals surface area contributed by atoms with E-state index in [1.807, 2.05) is 18.2 Å². The SMILES string of the molecule is NC(=S)c1ccc(OC2CCCC2)c(Br)c1. The molecule has 1 aromatic rings. The highest BCUT2D eigenvalue weighted by atomic mass is 79.9. The molecule has 0 unspecified atom stereocenters. The van der Waals surface area contributed by atoms with Crippen molar-refractivity contribution in [2.45, 2.75) is 31.8 Å². The number of benzene rings is 1. The fraction of sp³-hybridized carbons (Fsp3) is 0.417. The summed E-state index contributed by atoms with van der Waals surface area (Å²) in [6, 6.07) is 5.74. The summed E-state index contributed by atoms with van der Waals surface area (Å²) in [6.07, 6.45) is 5.22. The van der Waals surface area contributed by atoms with Gasteiger partial charge in [-0.1, -0.05) is 12.2 Å². The van der Waals surface area contributed by atoms with Crippen molar-refractivity contribution in [2.24, 2.45) is 5.73 Å². The van der Waals surface area contributed by atoms with E-state index in [1.54, 1.807) is 0 Å². The third-order valence-corrected chi connectivity index (χ3v) is 3.67. The lowest BCUT2D eigenvalue weighted by atomic mass is 10.2. The zero-order valence-electron chi connectivity index (χ0n) is 8.91. The van der Waals surface area contributed by atoms with E-state index in [1.165, 1.54) is 12.8 Å². The van der Waals surface area contributed by atoms with E-state index in [4.69, 9.17) is 22.7 Å².